The fourth-order valence-corrected chi connectivity index (χ4v) is 6.16. The zero-order valence-electron chi connectivity index (χ0n) is 27.4. The number of aromatic amines is 1. The fraction of sp³-hybridized carbons (Fsp3) is 0.371. The van der Waals surface area contributed by atoms with Crippen LogP contribution in [0.1, 0.15) is 56.6 Å². The van der Waals surface area contributed by atoms with Crippen molar-refractivity contribution in [2.24, 2.45) is 5.92 Å². The summed E-state index contributed by atoms with van der Waals surface area (Å²) in [5, 5.41) is 18.6. The lowest BCUT2D eigenvalue weighted by Gasteiger charge is -2.20. The van der Waals surface area contributed by atoms with E-state index in [9.17, 15) is 19.5 Å². The normalized spacial score (nSPS) is 14.4. The van der Waals surface area contributed by atoms with Crippen LogP contribution < -0.4 is 35.6 Å². The molecule has 4 aromatic rings. The molecule has 0 aliphatic heterocycles. The number of aliphatic hydroxyl groups is 1. The van der Waals surface area contributed by atoms with Crippen molar-refractivity contribution in [3.8, 4) is 28.4 Å². The van der Waals surface area contributed by atoms with Crippen molar-refractivity contribution in [1.82, 2.24) is 15.3 Å². The summed E-state index contributed by atoms with van der Waals surface area (Å²) in [6, 6.07) is 11.0. The molecule has 12 nitrogen and oxygen atoms in total. The Morgan fingerprint density at radius 3 is 2.47 bits per heavy atom. The number of aryl methyl sites for hydroxylation is 1. The molecule has 0 fully saturated rings. The summed E-state index contributed by atoms with van der Waals surface area (Å²) in [6.45, 7) is 5.23. The minimum Gasteiger partial charge on any atom is -0.493 e. The van der Waals surface area contributed by atoms with Gasteiger partial charge in [0, 0.05) is 18.2 Å². The Morgan fingerprint density at radius 2 is 1.81 bits per heavy atom. The standard InChI is InChI=1S/C35H41N5O7/c1-18(2)13-28(35(44)37-21-8-11-25-27(15-21)40-31(17-41)39-25)38-26-12-9-22-23(16-29(26)43)24(36-19(3)42)10-7-20-14-30(45-4)33(46-5)34(47-6)32(20)22/h8-9,11-12,14-16,18,24,28,41H,7,10,13,17H2,1-6H3,(H,36,42)(H,37,44)(H,38,43)(H,39,40)/t24-,28+/m1/s1. The van der Waals surface area contributed by atoms with Crippen molar-refractivity contribution in [1.29, 1.82) is 0 Å². The number of hydrogen-bond donors (Lipinski definition) is 5. The number of amides is 2. The first-order valence-electron chi connectivity index (χ1n) is 15.5. The molecule has 1 aliphatic rings. The Kier molecular flexibility index (Phi) is 10.00. The zero-order valence-corrected chi connectivity index (χ0v) is 27.4. The molecule has 47 heavy (non-hydrogen) atoms. The van der Waals surface area contributed by atoms with Gasteiger partial charge in [-0.2, -0.15) is 0 Å². The van der Waals surface area contributed by atoms with Gasteiger partial charge in [-0.3, -0.25) is 14.4 Å². The molecule has 12 heteroatoms. The van der Waals surface area contributed by atoms with E-state index in [1.165, 1.54) is 20.1 Å². The first-order valence-corrected chi connectivity index (χ1v) is 15.5. The van der Waals surface area contributed by atoms with E-state index in [2.05, 4.69) is 25.9 Å². The number of aliphatic hydroxyl groups excluding tert-OH is 1. The van der Waals surface area contributed by atoms with Gasteiger partial charge < -0.3 is 40.3 Å². The number of methoxy groups -OCH3 is 3. The summed E-state index contributed by atoms with van der Waals surface area (Å²) >= 11 is 0. The number of carbonyl (C=O) groups is 2. The summed E-state index contributed by atoms with van der Waals surface area (Å²) in [4.78, 5) is 47.2. The van der Waals surface area contributed by atoms with Crippen molar-refractivity contribution in [2.75, 3.05) is 32.0 Å². The molecule has 0 radical (unpaired) electrons. The van der Waals surface area contributed by atoms with Gasteiger partial charge in [0.05, 0.1) is 44.1 Å². The Labute approximate surface area is 272 Å². The molecular formula is C35H41N5O7. The second kappa shape index (κ2) is 14.1. The molecule has 3 aromatic carbocycles. The number of rotatable bonds is 11. The molecule has 0 saturated heterocycles. The van der Waals surface area contributed by atoms with E-state index in [-0.39, 0.29) is 35.5 Å². The third-order valence-electron chi connectivity index (χ3n) is 8.22. The molecule has 0 saturated carbocycles. The van der Waals surface area contributed by atoms with Crippen molar-refractivity contribution in [3.63, 3.8) is 0 Å². The highest BCUT2D eigenvalue weighted by Gasteiger charge is 2.30. The van der Waals surface area contributed by atoms with E-state index in [0.717, 1.165) is 11.1 Å². The van der Waals surface area contributed by atoms with Crippen molar-refractivity contribution in [2.45, 2.75) is 58.7 Å². The minimum atomic E-state index is -0.743. The monoisotopic (exact) mass is 643 g/mol. The number of H-pyrrole nitrogens is 1. The number of aromatic nitrogens is 2. The van der Waals surface area contributed by atoms with E-state index < -0.39 is 12.1 Å². The van der Waals surface area contributed by atoms with Gasteiger partial charge in [-0.25, -0.2) is 4.98 Å². The molecule has 5 N–H and O–H groups in total. The molecule has 0 unspecified atom stereocenters. The van der Waals surface area contributed by atoms with E-state index >= 15 is 0 Å². The summed E-state index contributed by atoms with van der Waals surface area (Å²) in [6.07, 6.45) is 1.56. The van der Waals surface area contributed by atoms with E-state index in [1.54, 1.807) is 38.5 Å². The zero-order chi connectivity index (χ0) is 33.8. The van der Waals surface area contributed by atoms with Crippen LogP contribution in [0.15, 0.2) is 47.3 Å². The third kappa shape index (κ3) is 7.02. The van der Waals surface area contributed by atoms with Crippen molar-refractivity contribution >= 4 is 34.2 Å². The Bertz CT molecular complexity index is 1870. The first-order chi connectivity index (χ1) is 22.6. The number of anilines is 2. The Hall–Kier alpha value is -5.10. The lowest BCUT2D eigenvalue weighted by molar-refractivity contribution is -0.120. The van der Waals surface area contributed by atoms with E-state index in [1.807, 2.05) is 26.0 Å². The number of benzene rings is 2. The predicted octanol–water partition coefficient (Wildman–Crippen LogP) is 4.70. The van der Waals surface area contributed by atoms with Crippen molar-refractivity contribution in [3.05, 3.63) is 69.6 Å². The maximum absolute atomic E-state index is 13.9. The van der Waals surface area contributed by atoms with Gasteiger partial charge in [0.2, 0.25) is 23.0 Å². The van der Waals surface area contributed by atoms with Gasteiger partial charge in [-0.05, 0) is 78.3 Å². The van der Waals surface area contributed by atoms with Crippen LogP contribution in [0.3, 0.4) is 0 Å². The fourth-order valence-electron chi connectivity index (χ4n) is 6.16. The highest BCUT2D eigenvalue weighted by molar-refractivity contribution is 5.98. The van der Waals surface area contributed by atoms with Crippen LogP contribution in [-0.4, -0.2) is 54.3 Å². The lowest BCUT2D eigenvalue weighted by Crippen LogP contribution is -2.37. The number of nitrogens with one attached hydrogen (secondary N) is 4. The molecular weight excluding hydrogens is 602 g/mol. The van der Waals surface area contributed by atoms with Crippen LogP contribution in [0.5, 0.6) is 17.2 Å². The van der Waals surface area contributed by atoms with Crippen LogP contribution >= 0.6 is 0 Å². The SMILES string of the molecule is COc1cc2c(c(OC)c1OC)-c1ccc(N[C@@H](CC(C)C)C(=O)Nc3ccc4nc(CO)[nH]c4c3)c(=O)cc1[C@H](NC(C)=O)CC2. The molecule has 2 atom stereocenters. The number of fused-ring (bicyclic) bond motifs is 4. The molecule has 0 spiro atoms. The average molecular weight is 644 g/mol. The first kappa shape index (κ1) is 33.3. The number of nitrogens with zero attached hydrogens (tertiary/aromatic N) is 1. The second-order valence-corrected chi connectivity index (χ2v) is 12.0. The van der Waals surface area contributed by atoms with Crippen LogP contribution in [0, 0.1) is 5.92 Å². The van der Waals surface area contributed by atoms with Gasteiger partial charge in [0.25, 0.3) is 0 Å². The lowest BCUT2D eigenvalue weighted by atomic mass is 9.95. The Balaban J connectivity index is 1.57. The minimum absolute atomic E-state index is 0.132. The number of carbonyl (C=O) groups excluding carboxylic acids is 2. The van der Waals surface area contributed by atoms with Crippen molar-refractivity contribution < 1.29 is 28.9 Å². The molecule has 5 rings (SSSR count). The van der Waals surface area contributed by atoms with E-state index in [0.29, 0.717) is 70.2 Å². The molecule has 0 bridgehead atoms. The van der Waals surface area contributed by atoms with Gasteiger partial charge in [-0.15, -0.1) is 0 Å². The molecule has 2 amide bonds. The molecule has 1 heterocycles. The van der Waals surface area contributed by atoms with Crippen LogP contribution in [0.4, 0.5) is 11.4 Å². The quantitative estimate of drug-likeness (QED) is 0.156. The molecule has 1 aromatic heterocycles. The van der Waals surface area contributed by atoms with Crippen LogP contribution in [0.25, 0.3) is 22.2 Å². The summed E-state index contributed by atoms with van der Waals surface area (Å²) in [5.74, 6) is 1.41. The third-order valence-corrected chi connectivity index (χ3v) is 8.22. The number of hydrogen-bond acceptors (Lipinski definition) is 9. The van der Waals surface area contributed by atoms with Gasteiger partial charge in [-0.1, -0.05) is 19.9 Å². The van der Waals surface area contributed by atoms with Gasteiger partial charge in [0.15, 0.2) is 11.5 Å². The molecule has 248 valence electrons. The number of ether oxygens (including phenoxy) is 3. The Morgan fingerprint density at radius 1 is 1.04 bits per heavy atom. The summed E-state index contributed by atoms with van der Waals surface area (Å²) in [5.41, 5.74) is 4.77. The summed E-state index contributed by atoms with van der Waals surface area (Å²) in [7, 11) is 4.64. The highest BCUT2D eigenvalue weighted by Crippen LogP contribution is 2.50. The summed E-state index contributed by atoms with van der Waals surface area (Å²) < 4.78 is 17.2. The second-order valence-electron chi connectivity index (χ2n) is 12.0. The number of imidazole rings is 1. The maximum Gasteiger partial charge on any atom is 0.246 e. The smallest absolute Gasteiger partial charge is 0.246 e. The van der Waals surface area contributed by atoms with Gasteiger partial charge >= 0.3 is 0 Å². The topological polar surface area (TPSA) is 164 Å². The van der Waals surface area contributed by atoms with Crippen LogP contribution in [0.2, 0.25) is 0 Å². The maximum atomic E-state index is 13.9. The predicted molar refractivity (Wildman–Crippen MR) is 180 cm³/mol. The average Bonchev–Trinajstić information content (AvgIpc) is 3.32. The van der Waals surface area contributed by atoms with E-state index in [4.69, 9.17) is 14.2 Å². The van der Waals surface area contributed by atoms with Gasteiger partial charge in [0.1, 0.15) is 18.5 Å². The largest absolute Gasteiger partial charge is 0.493 e. The molecule has 1 aliphatic carbocycles. The highest BCUT2D eigenvalue weighted by atomic mass is 16.5. The van der Waals surface area contributed by atoms with Crippen LogP contribution in [-0.2, 0) is 22.6 Å².